The molecule has 0 radical (unpaired) electrons. The number of hydroxylamine groups is 1. The van der Waals surface area contributed by atoms with Gasteiger partial charge in [-0.05, 0) is 41.5 Å². The highest BCUT2D eigenvalue weighted by molar-refractivity contribution is 5.93. The zero-order chi connectivity index (χ0) is 19.4. The Morgan fingerprint density at radius 2 is 1.46 bits per heavy atom. The van der Waals surface area contributed by atoms with Gasteiger partial charge in [0.2, 0.25) is 0 Å². The Morgan fingerprint density at radius 3 is 2.07 bits per heavy atom. The SMILES string of the molecule is CONC(=O)C(c1ccccc1)(c1ccccc1)C1CCCc2ccccc21. The molecule has 142 valence electrons. The molecule has 0 heterocycles. The van der Waals surface area contributed by atoms with Crippen LogP contribution in [0, 0.1) is 0 Å². The lowest BCUT2D eigenvalue weighted by molar-refractivity contribution is -0.137. The summed E-state index contributed by atoms with van der Waals surface area (Å²) in [5, 5.41) is 0. The van der Waals surface area contributed by atoms with Crippen molar-refractivity contribution < 1.29 is 9.63 Å². The van der Waals surface area contributed by atoms with E-state index in [1.165, 1.54) is 18.2 Å². The van der Waals surface area contributed by atoms with Crippen LogP contribution in [0.25, 0.3) is 0 Å². The zero-order valence-corrected chi connectivity index (χ0v) is 16.1. The van der Waals surface area contributed by atoms with Gasteiger partial charge < -0.3 is 0 Å². The third-order valence-corrected chi connectivity index (χ3v) is 5.90. The van der Waals surface area contributed by atoms with Crippen LogP contribution in [0.5, 0.6) is 0 Å². The van der Waals surface area contributed by atoms with E-state index in [-0.39, 0.29) is 11.8 Å². The number of carbonyl (C=O) groups is 1. The molecule has 1 unspecified atom stereocenters. The summed E-state index contributed by atoms with van der Waals surface area (Å²) < 4.78 is 0. The minimum absolute atomic E-state index is 0.0254. The number of aryl methyl sites for hydroxylation is 1. The number of rotatable bonds is 5. The third kappa shape index (κ3) is 3.02. The molecule has 0 aromatic heterocycles. The van der Waals surface area contributed by atoms with Gasteiger partial charge in [0.1, 0.15) is 5.41 Å². The first-order chi connectivity index (χ1) is 13.8. The van der Waals surface area contributed by atoms with Gasteiger partial charge in [0, 0.05) is 5.92 Å². The van der Waals surface area contributed by atoms with Gasteiger partial charge in [0.15, 0.2) is 0 Å². The Morgan fingerprint density at radius 1 is 0.893 bits per heavy atom. The van der Waals surface area contributed by atoms with Crippen molar-refractivity contribution in [2.75, 3.05) is 7.11 Å². The molecule has 3 aromatic rings. The Bertz CT molecular complexity index is 898. The van der Waals surface area contributed by atoms with Gasteiger partial charge in [0.05, 0.1) is 7.11 Å². The summed E-state index contributed by atoms with van der Waals surface area (Å²) in [6.45, 7) is 0. The van der Waals surface area contributed by atoms with Crippen molar-refractivity contribution in [3.8, 4) is 0 Å². The van der Waals surface area contributed by atoms with Crippen LogP contribution in [-0.4, -0.2) is 13.0 Å². The van der Waals surface area contributed by atoms with Crippen molar-refractivity contribution in [1.29, 1.82) is 0 Å². The summed E-state index contributed by atoms with van der Waals surface area (Å²) in [5.74, 6) is -0.105. The second-order valence-corrected chi connectivity index (χ2v) is 7.32. The molecule has 3 aromatic carbocycles. The molecule has 0 aliphatic heterocycles. The van der Waals surface area contributed by atoms with Crippen LogP contribution >= 0.6 is 0 Å². The lowest BCUT2D eigenvalue weighted by Gasteiger charge is -2.43. The summed E-state index contributed by atoms with van der Waals surface area (Å²) in [6, 6.07) is 28.7. The zero-order valence-electron chi connectivity index (χ0n) is 16.1. The summed E-state index contributed by atoms with van der Waals surface area (Å²) in [4.78, 5) is 18.9. The highest BCUT2D eigenvalue weighted by Crippen LogP contribution is 2.50. The smallest absolute Gasteiger partial charge is 0.259 e. The maximum Gasteiger partial charge on any atom is 0.259 e. The summed E-state index contributed by atoms with van der Waals surface area (Å²) in [5.41, 5.74) is 6.36. The Balaban J connectivity index is 2.03. The first-order valence-corrected chi connectivity index (χ1v) is 9.80. The van der Waals surface area contributed by atoms with E-state index < -0.39 is 5.41 Å². The quantitative estimate of drug-likeness (QED) is 0.656. The normalized spacial score (nSPS) is 16.2. The number of carbonyl (C=O) groups excluding carboxylic acids is 1. The van der Waals surface area contributed by atoms with Gasteiger partial charge in [-0.25, -0.2) is 5.48 Å². The maximum atomic E-state index is 13.7. The fourth-order valence-electron chi connectivity index (χ4n) is 4.77. The molecule has 1 aliphatic rings. The summed E-state index contributed by atoms with van der Waals surface area (Å²) in [6.07, 6.45) is 3.06. The molecule has 28 heavy (non-hydrogen) atoms. The molecular weight excluding hydrogens is 346 g/mol. The Kier molecular flexibility index (Phi) is 5.27. The first-order valence-electron chi connectivity index (χ1n) is 9.80. The summed E-state index contributed by atoms with van der Waals surface area (Å²) >= 11 is 0. The highest BCUT2D eigenvalue weighted by atomic mass is 16.6. The van der Waals surface area contributed by atoms with Crippen LogP contribution in [0.3, 0.4) is 0 Å². The van der Waals surface area contributed by atoms with E-state index >= 15 is 0 Å². The van der Waals surface area contributed by atoms with E-state index in [0.717, 1.165) is 30.4 Å². The van der Waals surface area contributed by atoms with E-state index in [1.54, 1.807) is 0 Å². The first kappa shape index (κ1) is 18.5. The van der Waals surface area contributed by atoms with Crippen molar-refractivity contribution >= 4 is 5.91 Å². The predicted octanol–water partition coefficient (Wildman–Crippen LogP) is 4.77. The molecule has 1 atom stereocenters. The largest absolute Gasteiger partial charge is 0.277 e. The third-order valence-electron chi connectivity index (χ3n) is 5.90. The summed E-state index contributed by atoms with van der Waals surface area (Å²) in [7, 11) is 1.49. The van der Waals surface area contributed by atoms with Crippen LogP contribution in [0.1, 0.15) is 41.0 Å². The van der Waals surface area contributed by atoms with Crippen molar-refractivity contribution in [1.82, 2.24) is 5.48 Å². The Labute approximate surface area is 166 Å². The molecule has 1 amide bonds. The van der Waals surface area contributed by atoms with Crippen molar-refractivity contribution in [3.05, 3.63) is 107 Å². The number of hydrogen-bond donors (Lipinski definition) is 1. The van der Waals surface area contributed by atoms with Gasteiger partial charge in [-0.1, -0.05) is 84.9 Å². The van der Waals surface area contributed by atoms with Gasteiger partial charge in [-0.2, -0.15) is 0 Å². The minimum atomic E-state index is -0.866. The number of fused-ring (bicyclic) bond motifs is 1. The number of benzene rings is 3. The van der Waals surface area contributed by atoms with Crippen molar-refractivity contribution in [2.24, 2.45) is 0 Å². The van der Waals surface area contributed by atoms with Crippen LogP contribution < -0.4 is 5.48 Å². The Hall–Kier alpha value is -2.91. The van der Waals surface area contributed by atoms with E-state index in [2.05, 4.69) is 54.0 Å². The number of hydrogen-bond acceptors (Lipinski definition) is 2. The molecular formula is C25H25NO2. The number of nitrogens with one attached hydrogen (secondary N) is 1. The van der Waals surface area contributed by atoms with Gasteiger partial charge in [0.25, 0.3) is 5.91 Å². The molecule has 0 bridgehead atoms. The maximum absolute atomic E-state index is 13.7. The van der Waals surface area contributed by atoms with E-state index in [9.17, 15) is 4.79 Å². The van der Waals surface area contributed by atoms with Crippen LogP contribution in [0.4, 0.5) is 0 Å². The number of amides is 1. The lowest BCUT2D eigenvalue weighted by Crippen LogP contribution is -2.50. The van der Waals surface area contributed by atoms with E-state index in [4.69, 9.17) is 4.84 Å². The lowest BCUT2D eigenvalue weighted by atomic mass is 9.59. The second-order valence-electron chi connectivity index (χ2n) is 7.32. The predicted molar refractivity (Wildman–Crippen MR) is 111 cm³/mol. The molecule has 3 heteroatoms. The van der Waals surface area contributed by atoms with Gasteiger partial charge in [-0.15, -0.1) is 0 Å². The average Bonchev–Trinajstić information content (AvgIpc) is 2.76. The van der Waals surface area contributed by atoms with Gasteiger partial charge >= 0.3 is 0 Å². The molecule has 0 saturated heterocycles. The average molecular weight is 371 g/mol. The molecule has 3 nitrogen and oxygen atoms in total. The van der Waals surface area contributed by atoms with E-state index in [1.807, 2.05) is 36.4 Å². The second kappa shape index (κ2) is 7.99. The molecule has 0 saturated carbocycles. The molecule has 1 aliphatic carbocycles. The monoisotopic (exact) mass is 371 g/mol. The van der Waals surface area contributed by atoms with Crippen molar-refractivity contribution in [2.45, 2.75) is 30.6 Å². The fourth-order valence-corrected chi connectivity index (χ4v) is 4.77. The standard InChI is InChI=1S/C25H25NO2/c1-28-26-24(27)25(20-13-4-2-5-14-20,21-15-6-3-7-16-21)23-18-10-12-19-11-8-9-17-22(19)23/h2-9,11,13-17,23H,10,12,18H2,1H3,(H,26,27). The molecule has 0 spiro atoms. The van der Waals surface area contributed by atoms with Crippen molar-refractivity contribution in [3.63, 3.8) is 0 Å². The fraction of sp³-hybridized carbons (Fsp3) is 0.240. The topological polar surface area (TPSA) is 38.3 Å². The van der Waals surface area contributed by atoms with Crippen LogP contribution in [0.15, 0.2) is 84.9 Å². The molecule has 4 rings (SSSR count). The van der Waals surface area contributed by atoms with E-state index in [0.29, 0.717) is 0 Å². The van der Waals surface area contributed by atoms with Crippen LogP contribution in [-0.2, 0) is 21.5 Å². The van der Waals surface area contributed by atoms with Crippen LogP contribution in [0.2, 0.25) is 0 Å². The molecule has 0 fully saturated rings. The van der Waals surface area contributed by atoms with Gasteiger partial charge in [-0.3, -0.25) is 9.63 Å². The minimum Gasteiger partial charge on any atom is -0.277 e. The molecule has 1 N–H and O–H groups in total. The highest BCUT2D eigenvalue weighted by Gasteiger charge is 2.50.